The zero-order valence-corrected chi connectivity index (χ0v) is 11.5. The molecule has 0 bridgehead atoms. The first-order valence-electron chi connectivity index (χ1n) is 6.70. The summed E-state index contributed by atoms with van der Waals surface area (Å²) in [7, 11) is 1.58. The highest BCUT2D eigenvalue weighted by molar-refractivity contribution is 5.82. The molecular formula is C14H21N3O2. The number of methoxy groups -OCH3 is 1. The normalized spacial score (nSPS) is 22.8. The van der Waals surface area contributed by atoms with Crippen LogP contribution in [0, 0.1) is 5.92 Å². The average Bonchev–Trinajstić information content (AvgIpc) is 2.46. The van der Waals surface area contributed by atoms with Gasteiger partial charge in [0.2, 0.25) is 11.8 Å². The molecule has 0 saturated carbocycles. The summed E-state index contributed by atoms with van der Waals surface area (Å²) in [6.07, 6.45) is 3.97. The van der Waals surface area contributed by atoms with Gasteiger partial charge < -0.3 is 15.4 Å². The quantitative estimate of drug-likeness (QED) is 0.853. The molecule has 1 fully saturated rings. The van der Waals surface area contributed by atoms with Crippen molar-refractivity contribution in [3.05, 3.63) is 23.9 Å². The zero-order chi connectivity index (χ0) is 13.7. The second kappa shape index (κ2) is 6.52. The molecule has 2 unspecified atom stereocenters. The Labute approximate surface area is 113 Å². The SMILES string of the molecule is COc1ccc(CNC(=O)C2NCCCC2C)cn1. The van der Waals surface area contributed by atoms with E-state index in [1.54, 1.807) is 19.4 Å². The minimum Gasteiger partial charge on any atom is -0.481 e. The van der Waals surface area contributed by atoms with Crippen LogP contribution in [0.5, 0.6) is 5.88 Å². The lowest BCUT2D eigenvalue weighted by molar-refractivity contribution is -0.125. The fraction of sp³-hybridized carbons (Fsp3) is 0.571. The number of nitrogens with one attached hydrogen (secondary N) is 2. The van der Waals surface area contributed by atoms with E-state index in [-0.39, 0.29) is 11.9 Å². The number of nitrogens with zero attached hydrogens (tertiary/aromatic N) is 1. The number of amides is 1. The van der Waals surface area contributed by atoms with E-state index in [2.05, 4.69) is 22.5 Å². The van der Waals surface area contributed by atoms with Gasteiger partial charge in [-0.1, -0.05) is 13.0 Å². The van der Waals surface area contributed by atoms with E-state index in [1.165, 1.54) is 0 Å². The first kappa shape index (κ1) is 13.8. The highest BCUT2D eigenvalue weighted by Crippen LogP contribution is 2.15. The van der Waals surface area contributed by atoms with E-state index in [0.717, 1.165) is 24.9 Å². The lowest BCUT2D eigenvalue weighted by Gasteiger charge is -2.28. The molecule has 1 saturated heterocycles. The maximum Gasteiger partial charge on any atom is 0.237 e. The van der Waals surface area contributed by atoms with Crippen molar-refractivity contribution in [1.29, 1.82) is 0 Å². The molecule has 1 aromatic rings. The number of hydrogen-bond acceptors (Lipinski definition) is 4. The summed E-state index contributed by atoms with van der Waals surface area (Å²) in [5, 5.41) is 6.23. The monoisotopic (exact) mass is 263 g/mol. The van der Waals surface area contributed by atoms with Gasteiger partial charge in [-0.2, -0.15) is 0 Å². The van der Waals surface area contributed by atoms with Crippen LogP contribution in [0.25, 0.3) is 0 Å². The molecule has 2 N–H and O–H groups in total. The fourth-order valence-corrected chi connectivity index (χ4v) is 2.34. The molecule has 2 rings (SSSR count). The predicted molar refractivity (Wildman–Crippen MR) is 72.8 cm³/mol. The standard InChI is InChI=1S/C14H21N3O2/c1-10-4-3-7-15-13(10)14(18)17-9-11-5-6-12(19-2)16-8-11/h5-6,8,10,13,15H,3-4,7,9H2,1-2H3,(H,17,18). The molecule has 1 aromatic heterocycles. The van der Waals surface area contributed by atoms with Crippen LogP contribution in [-0.4, -0.2) is 30.6 Å². The van der Waals surface area contributed by atoms with Crippen LogP contribution < -0.4 is 15.4 Å². The number of piperidine rings is 1. The van der Waals surface area contributed by atoms with E-state index in [1.807, 2.05) is 6.07 Å². The fourth-order valence-electron chi connectivity index (χ4n) is 2.34. The predicted octanol–water partition coefficient (Wildman–Crippen LogP) is 1.09. The number of aromatic nitrogens is 1. The van der Waals surface area contributed by atoms with E-state index < -0.39 is 0 Å². The van der Waals surface area contributed by atoms with E-state index in [9.17, 15) is 4.79 Å². The van der Waals surface area contributed by atoms with Gasteiger partial charge in [0.15, 0.2) is 0 Å². The Morgan fingerprint density at radius 3 is 3.05 bits per heavy atom. The van der Waals surface area contributed by atoms with Gasteiger partial charge in [0.25, 0.3) is 0 Å². The molecule has 1 aliphatic heterocycles. The van der Waals surface area contributed by atoms with Crippen LogP contribution in [0.15, 0.2) is 18.3 Å². The van der Waals surface area contributed by atoms with Gasteiger partial charge in [0.05, 0.1) is 13.2 Å². The van der Waals surface area contributed by atoms with E-state index in [4.69, 9.17) is 4.74 Å². The Balaban J connectivity index is 1.85. The largest absolute Gasteiger partial charge is 0.481 e. The summed E-state index contributed by atoms with van der Waals surface area (Å²) < 4.78 is 5.00. The van der Waals surface area contributed by atoms with Gasteiger partial charge >= 0.3 is 0 Å². The van der Waals surface area contributed by atoms with Crippen molar-refractivity contribution in [2.45, 2.75) is 32.4 Å². The Morgan fingerprint density at radius 2 is 2.42 bits per heavy atom. The molecule has 1 amide bonds. The van der Waals surface area contributed by atoms with Crippen molar-refractivity contribution < 1.29 is 9.53 Å². The van der Waals surface area contributed by atoms with Gasteiger partial charge in [-0.25, -0.2) is 4.98 Å². The molecule has 104 valence electrons. The third kappa shape index (κ3) is 3.67. The lowest BCUT2D eigenvalue weighted by Crippen LogP contribution is -2.50. The Kier molecular flexibility index (Phi) is 4.74. The van der Waals surface area contributed by atoms with Crippen molar-refractivity contribution >= 4 is 5.91 Å². The highest BCUT2D eigenvalue weighted by Gasteiger charge is 2.26. The van der Waals surface area contributed by atoms with E-state index >= 15 is 0 Å². The summed E-state index contributed by atoms with van der Waals surface area (Å²) in [5.41, 5.74) is 0.970. The number of carbonyl (C=O) groups excluding carboxylic acids is 1. The molecule has 2 atom stereocenters. The molecular weight excluding hydrogens is 242 g/mol. The number of hydrogen-bond donors (Lipinski definition) is 2. The summed E-state index contributed by atoms with van der Waals surface area (Å²) in [6, 6.07) is 3.63. The van der Waals surface area contributed by atoms with Crippen molar-refractivity contribution in [2.24, 2.45) is 5.92 Å². The van der Waals surface area contributed by atoms with Gasteiger partial charge in [0.1, 0.15) is 0 Å². The first-order valence-corrected chi connectivity index (χ1v) is 6.70. The molecule has 0 radical (unpaired) electrons. The third-order valence-corrected chi connectivity index (χ3v) is 3.53. The molecule has 0 aliphatic carbocycles. The topological polar surface area (TPSA) is 63.2 Å². The number of carbonyl (C=O) groups is 1. The minimum atomic E-state index is -0.0695. The van der Waals surface area contributed by atoms with Crippen molar-refractivity contribution in [3.63, 3.8) is 0 Å². The molecule has 0 aromatic carbocycles. The van der Waals surface area contributed by atoms with Crippen LogP contribution in [0.2, 0.25) is 0 Å². The van der Waals surface area contributed by atoms with Crippen LogP contribution in [0.4, 0.5) is 0 Å². The molecule has 0 spiro atoms. The number of pyridine rings is 1. The van der Waals surface area contributed by atoms with Crippen LogP contribution >= 0.6 is 0 Å². The van der Waals surface area contributed by atoms with Gasteiger partial charge in [-0.15, -0.1) is 0 Å². The summed E-state index contributed by atoms with van der Waals surface area (Å²) in [5.74, 6) is 1.04. The maximum atomic E-state index is 12.1. The summed E-state index contributed by atoms with van der Waals surface area (Å²) in [4.78, 5) is 16.2. The molecule has 19 heavy (non-hydrogen) atoms. The highest BCUT2D eigenvalue weighted by atomic mass is 16.5. The number of rotatable bonds is 4. The van der Waals surface area contributed by atoms with Crippen LogP contribution in [0.3, 0.4) is 0 Å². The summed E-state index contributed by atoms with van der Waals surface area (Å²) >= 11 is 0. The Bertz CT molecular complexity index is 419. The first-order chi connectivity index (χ1) is 9.20. The number of ether oxygens (including phenoxy) is 1. The van der Waals surface area contributed by atoms with E-state index in [0.29, 0.717) is 18.3 Å². The van der Waals surface area contributed by atoms with Gasteiger partial charge in [0, 0.05) is 18.8 Å². The van der Waals surface area contributed by atoms with Crippen LogP contribution in [0.1, 0.15) is 25.3 Å². The second-order valence-electron chi connectivity index (χ2n) is 4.98. The van der Waals surface area contributed by atoms with Crippen molar-refractivity contribution in [2.75, 3.05) is 13.7 Å². The van der Waals surface area contributed by atoms with Crippen LogP contribution in [-0.2, 0) is 11.3 Å². The smallest absolute Gasteiger partial charge is 0.237 e. The molecule has 2 heterocycles. The second-order valence-corrected chi connectivity index (χ2v) is 4.98. The zero-order valence-electron chi connectivity index (χ0n) is 11.5. The van der Waals surface area contributed by atoms with Gasteiger partial charge in [-0.3, -0.25) is 4.79 Å². The average molecular weight is 263 g/mol. The molecule has 1 aliphatic rings. The maximum absolute atomic E-state index is 12.1. The molecule has 5 nitrogen and oxygen atoms in total. The van der Waals surface area contributed by atoms with Gasteiger partial charge in [-0.05, 0) is 30.9 Å². The van der Waals surface area contributed by atoms with Crippen molar-refractivity contribution in [3.8, 4) is 5.88 Å². The minimum absolute atomic E-state index is 0.0695. The summed E-state index contributed by atoms with van der Waals surface area (Å²) in [6.45, 7) is 3.54. The lowest BCUT2D eigenvalue weighted by atomic mass is 9.92. The van der Waals surface area contributed by atoms with Crippen molar-refractivity contribution in [1.82, 2.24) is 15.6 Å². The third-order valence-electron chi connectivity index (χ3n) is 3.53. The Morgan fingerprint density at radius 1 is 1.58 bits per heavy atom. The molecule has 5 heteroatoms. The Hall–Kier alpha value is -1.62.